The highest BCUT2D eigenvalue weighted by molar-refractivity contribution is 8.00. The van der Waals surface area contributed by atoms with Crippen molar-refractivity contribution in [3.05, 3.63) is 40.2 Å². The molecule has 0 saturated carbocycles. The number of amides is 1. The Hall–Kier alpha value is -2.46. The molecule has 0 saturated heterocycles. The number of thioether (sulfide) groups is 1. The lowest BCUT2D eigenvalue weighted by molar-refractivity contribution is -0.115. The van der Waals surface area contributed by atoms with Crippen LogP contribution in [0.15, 0.2) is 23.4 Å². The molecule has 0 aliphatic heterocycles. The molecule has 3 rings (SSSR count). The number of carbonyl (C=O) groups excluding carboxylic acids is 1. The fourth-order valence-electron chi connectivity index (χ4n) is 2.93. The number of hydrogen-bond donors (Lipinski definition) is 1. The van der Waals surface area contributed by atoms with E-state index in [0.717, 1.165) is 27.7 Å². The predicted molar refractivity (Wildman–Crippen MR) is 119 cm³/mol. The number of rotatable bonds is 8. The van der Waals surface area contributed by atoms with Gasteiger partial charge in [-0.3, -0.25) is 10.1 Å². The summed E-state index contributed by atoms with van der Waals surface area (Å²) in [7, 11) is 0. The lowest BCUT2D eigenvalue weighted by atomic mass is 10.1. The summed E-state index contributed by atoms with van der Waals surface area (Å²) in [6.07, 6.45) is 0. The van der Waals surface area contributed by atoms with Crippen LogP contribution >= 0.6 is 23.1 Å². The standard InChI is InChI=1S/C20H26N6O2S2/c1-11(2)26-16(10-28-17-12(3)8-7-9-13(17)4)23-25-20(26)29-14(5)18(27)21-19-24-22-15(6)30-19/h7-9,11,14H,10H2,1-6H3,(H,21,24,27)/t14-/m0/s1. The molecular formula is C20H26N6O2S2. The number of para-hydroxylation sites is 1. The largest absolute Gasteiger partial charge is 0.485 e. The van der Waals surface area contributed by atoms with Crippen LogP contribution in [-0.4, -0.2) is 36.1 Å². The molecule has 0 fully saturated rings. The van der Waals surface area contributed by atoms with Crippen molar-refractivity contribution in [2.75, 3.05) is 5.32 Å². The van der Waals surface area contributed by atoms with E-state index >= 15 is 0 Å². The molecule has 0 unspecified atom stereocenters. The Kier molecular flexibility index (Phi) is 7.09. The van der Waals surface area contributed by atoms with Gasteiger partial charge in [-0.25, -0.2) is 0 Å². The number of aromatic nitrogens is 5. The minimum absolute atomic E-state index is 0.125. The molecular weight excluding hydrogens is 420 g/mol. The van der Waals surface area contributed by atoms with E-state index < -0.39 is 0 Å². The van der Waals surface area contributed by atoms with Crippen molar-refractivity contribution in [1.29, 1.82) is 0 Å². The fourth-order valence-corrected chi connectivity index (χ4v) is 4.53. The number of hydrogen-bond acceptors (Lipinski definition) is 8. The lowest BCUT2D eigenvalue weighted by Crippen LogP contribution is -2.23. The third-order valence-corrected chi connectivity index (χ3v) is 6.22. The van der Waals surface area contributed by atoms with Gasteiger partial charge in [0.15, 0.2) is 11.0 Å². The fraction of sp³-hybridized carbons (Fsp3) is 0.450. The topological polar surface area (TPSA) is 94.8 Å². The number of carbonyl (C=O) groups is 1. The Labute approximate surface area is 184 Å². The molecule has 8 nitrogen and oxygen atoms in total. The Morgan fingerprint density at radius 1 is 1.13 bits per heavy atom. The zero-order valence-corrected chi connectivity index (χ0v) is 19.6. The molecule has 1 N–H and O–H groups in total. The highest BCUT2D eigenvalue weighted by atomic mass is 32.2. The molecule has 0 radical (unpaired) electrons. The van der Waals surface area contributed by atoms with Gasteiger partial charge in [0, 0.05) is 6.04 Å². The normalized spacial score (nSPS) is 12.2. The first-order chi connectivity index (χ1) is 14.3. The average Bonchev–Trinajstić information content (AvgIpc) is 3.27. The van der Waals surface area contributed by atoms with Crippen LogP contribution in [0.5, 0.6) is 5.75 Å². The quantitative estimate of drug-likeness (QED) is 0.515. The summed E-state index contributed by atoms with van der Waals surface area (Å²) >= 11 is 2.71. The molecule has 30 heavy (non-hydrogen) atoms. The van der Waals surface area contributed by atoms with E-state index in [1.807, 2.05) is 50.5 Å². The minimum Gasteiger partial charge on any atom is -0.485 e. The van der Waals surface area contributed by atoms with E-state index in [4.69, 9.17) is 4.74 Å². The predicted octanol–water partition coefficient (Wildman–Crippen LogP) is 4.33. The highest BCUT2D eigenvalue weighted by Crippen LogP contribution is 2.28. The van der Waals surface area contributed by atoms with Gasteiger partial charge in [-0.1, -0.05) is 41.3 Å². The first-order valence-electron chi connectivity index (χ1n) is 9.66. The summed E-state index contributed by atoms with van der Waals surface area (Å²) in [4.78, 5) is 12.5. The van der Waals surface area contributed by atoms with Crippen molar-refractivity contribution in [3.63, 3.8) is 0 Å². The van der Waals surface area contributed by atoms with Crippen LogP contribution < -0.4 is 10.1 Å². The second-order valence-corrected chi connectivity index (χ2v) is 9.74. The van der Waals surface area contributed by atoms with E-state index in [9.17, 15) is 4.79 Å². The van der Waals surface area contributed by atoms with Gasteiger partial charge in [0.25, 0.3) is 0 Å². The van der Waals surface area contributed by atoms with Crippen molar-refractivity contribution in [3.8, 4) is 5.75 Å². The van der Waals surface area contributed by atoms with Crippen molar-refractivity contribution in [2.45, 2.75) is 64.6 Å². The molecule has 10 heteroatoms. The maximum absolute atomic E-state index is 12.5. The number of ether oxygens (including phenoxy) is 1. The van der Waals surface area contributed by atoms with E-state index in [1.54, 1.807) is 0 Å². The van der Waals surface area contributed by atoms with Gasteiger partial charge in [0.2, 0.25) is 11.0 Å². The molecule has 2 heterocycles. The molecule has 0 aliphatic rings. The van der Waals surface area contributed by atoms with Crippen molar-refractivity contribution >= 4 is 34.1 Å². The third-order valence-electron chi connectivity index (χ3n) is 4.41. The Balaban J connectivity index is 1.71. The lowest BCUT2D eigenvalue weighted by Gasteiger charge is -2.17. The average molecular weight is 447 g/mol. The van der Waals surface area contributed by atoms with Crippen LogP contribution in [0, 0.1) is 20.8 Å². The second kappa shape index (κ2) is 9.57. The van der Waals surface area contributed by atoms with Crippen LogP contribution in [0.3, 0.4) is 0 Å². The van der Waals surface area contributed by atoms with Crippen LogP contribution in [0.1, 0.15) is 48.8 Å². The summed E-state index contributed by atoms with van der Waals surface area (Å²) in [5.41, 5.74) is 2.16. The van der Waals surface area contributed by atoms with Crippen LogP contribution in [-0.2, 0) is 11.4 Å². The van der Waals surface area contributed by atoms with Gasteiger partial charge in [-0.2, -0.15) is 0 Å². The molecule has 0 spiro atoms. The zero-order chi connectivity index (χ0) is 21.8. The van der Waals surface area contributed by atoms with Crippen molar-refractivity contribution < 1.29 is 9.53 Å². The summed E-state index contributed by atoms with van der Waals surface area (Å²) in [5, 5.41) is 20.9. The molecule has 0 bridgehead atoms. The van der Waals surface area contributed by atoms with Crippen molar-refractivity contribution in [1.82, 2.24) is 25.0 Å². The van der Waals surface area contributed by atoms with Crippen LogP contribution in [0.4, 0.5) is 5.13 Å². The SMILES string of the molecule is Cc1nnc(NC(=O)[C@H](C)Sc2nnc(COc3c(C)cccc3C)n2C(C)C)s1. The number of aryl methyl sites for hydroxylation is 3. The summed E-state index contributed by atoms with van der Waals surface area (Å²) in [6.45, 7) is 12.2. The first-order valence-corrected chi connectivity index (χ1v) is 11.4. The Morgan fingerprint density at radius 2 is 1.83 bits per heavy atom. The zero-order valence-electron chi connectivity index (χ0n) is 18.0. The molecule has 2 aromatic heterocycles. The second-order valence-electron chi connectivity index (χ2n) is 7.25. The molecule has 0 aliphatic carbocycles. The monoisotopic (exact) mass is 446 g/mol. The molecule has 160 valence electrons. The van der Waals surface area contributed by atoms with E-state index in [-0.39, 0.29) is 17.2 Å². The van der Waals surface area contributed by atoms with Gasteiger partial charge in [0.05, 0.1) is 5.25 Å². The number of anilines is 1. The van der Waals surface area contributed by atoms with Gasteiger partial charge >= 0.3 is 0 Å². The highest BCUT2D eigenvalue weighted by Gasteiger charge is 2.22. The van der Waals surface area contributed by atoms with E-state index in [1.165, 1.54) is 23.1 Å². The maximum atomic E-state index is 12.5. The number of nitrogens with one attached hydrogen (secondary N) is 1. The maximum Gasteiger partial charge on any atom is 0.239 e. The van der Waals surface area contributed by atoms with Gasteiger partial charge < -0.3 is 9.30 Å². The number of nitrogens with zero attached hydrogens (tertiary/aromatic N) is 5. The van der Waals surface area contributed by atoms with Gasteiger partial charge in [-0.15, -0.1) is 20.4 Å². The van der Waals surface area contributed by atoms with Crippen molar-refractivity contribution in [2.24, 2.45) is 0 Å². The minimum atomic E-state index is -0.372. The van der Waals surface area contributed by atoms with Crippen LogP contribution in [0.2, 0.25) is 0 Å². The third kappa shape index (κ3) is 5.17. The molecule has 3 aromatic rings. The number of benzene rings is 1. The van der Waals surface area contributed by atoms with Crippen LogP contribution in [0.25, 0.3) is 0 Å². The van der Waals surface area contributed by atoms with Gasteiger partial charge in [-0.05, 0) is 52.7 Å². The van der Waals surface area contributed by atoms with E-state index in [0.29, 0.717) is 16.9 Å². The molecule has 1 aromatic carbocycles. The Morgan fingerprint density at radius 3 is 2.43 bits per heavy atom. The summed E-state index contributed by atoms with van der Waals surface area (Å²) in [5.74, 6) is 1.44. The van der Waals surface area contributed by atoms with Gasteiger partial charge in [0.1, 0.15) is 17.4 Å². The summed E-state index contributed by atoms with van der Waals surface area (Å²) in [6, 6.07) is 6.19. The smallest absolute Gasteiger partial charge is 0.239 e. The van der Waals surface area contributed by atoms with E-state index in [2.05, 4.69) is 39.6 Å². The molecule has 1 atom stereocenters. The first kappa shape index (κ1) is 22.2. The molecule has 1 amide bonds. The Bertz CT molecular complexity index is 1010. The summed E-state index contributed by atoms with van der Waals surface area (Å²) < 4.78 is 8.08.